The van der Waals surface area contributed by atoms with Gasteiger partial charge in [0.15, 0.2) is 0 Å². The number of hydrogen-bond acceptors (Lipinski definition) is 4. The van der Waals surface area contributed by atoms with E-state index >= 15 is 0 Å². The van der Waals surface area contributed by atoms with Gasteiger partial charge in [-0.3, -0.25) is 0 Å². The molecule has 0 bridgehead atoms. The average Bonchev–Trinajstić information content (AvgIpc) is 2.83. The van der Waals surface area contributed by atoms with Gasteiger partial charge in [0.25, 0.3) is 0 Å². The smallest absolute Gasteiger partial charge is 0.383 e. The first-order valence-corrected chi connectivity index (χ1v) is 11.5. The van der Waals surface area contributed by atoms with Gasteiger partial charge < -0.3 is 10.2 Å². The van der Waals surface area contributed by atoms with Crippen molar-refractivity contribution in [3.8, 4) is 12.1 Å². The first-order valence-electron chi connectivity index (χ1n) is 11.5. The molecule has 1 N–H and O–H groups in total. The predicted octanol–water partition coefficient (Wildman–Crippen LogP) is 7.99. The molecule has 0 aromatic heterocycles. The lowest BCUT2D eigenvalue weighted by molar-refractivity contribution is -0.138. The molecule has 10 heteroatoms. The molecule has 196 valence electrons. The van der Waals surface area contributed by atoms with Gasteiger partial charge in [-0.15, -0.1) is 0 Å². The Morgan fingerprint density at radius 1 is 0.806 bits per heavy atom. The number of hydrogen-bond donors (Lipinski definition) is 1. The van der Waals surface area contributed by atoms with Crippen molar-refractivity contribution in [3.63, 3.8) is 0 Å². The Balaban J connectivity index is 0.000000362. The van der Waals surface area contributed by atoms with E-state index in [0.29, 0.717) is 17.9 Å². The Kier molecular flexibility index (Phi) is 11.1. The van der Waals surface area contributed by atoms with Crippen molar-refractivity contribution >= 4 is 11.4 Å². The number of nitriles is 2. The fourth-order valence-corrected chi connectivity index (χ4v) is 3.36. The quantitative estimate of drug-likeness (QED) is 0.382. The number of benzene rings is 2. The van der Waals surface area contributed by atoms with Crippen LogP contribution in [0.5, 0.6) is 0 Å². The molecule has 4 nitrogen and oxygen atoms in total. The molecule has 2 aromatic carbocycles. The molecule has 0 saturated carbocycles. The van der Waals surface area contributed by atoms with Crippen LogP contribution >= 0.6 is 0 Å². The second kappa shape index (κ2) is 13.1. The van der Waals surface area contributed by atoms with E-state index in [-0.39, 0.29) is 23.2 Å². The van der Waals surface area contributed by atoms with Crippen molar-refractivity contribution < 1.29 is 26.3 Å². The Morgan fingerprint density at radius 2 is 1.31 bits per heavy atom. The lowest BCUT2D eigenvalue weighted by atomic mass is 10.1. The van der Waals surface area contributed by atoms with Crippen LogP contribution < -0.4 is 10.2 Å². The summed E-state index contributed by atoms with van der Waals surface area (Å²) in [6, 6.07) is 10.9. The van der Waals surface area contributed by atoms with Crippen molar-refractivity contribution in [2.24, 2.45) is 0 Å². The third-order valence-corrected chi connectivity index (χ3v) is 5.70. The highest BCUT2D eigenvalue weighted by Crippen LogP contribution is 2.35. The number of nitrogens with zero attached hydrogens (tertiary/aromatic N) is 3. The Bertz CT molecular complexity index is 1080. The van der Waals surface area contributed by atoms with Gasteiger partial charge in [-0.05, 0) is 70.0 Å². The number of alkyl halides is 6. The van der Waals surface area contributed by atoms with E-state index in [1.807, 2.05) is 39.5 Å². The van der Waals surface area contributed by atoms with Crippen molar-refractivity contribution in [1.29, 1.82) is 10.5 Å². The minimum Gasteiger partial charge on any atom is -0.383 e. The van der Waals surface area contributed by atoms with Gasteiger partial charge >= 0.3 is 12.4 Å². The highest BCUT2D eigenvalue weighted by atomic mass is 19.4. The molecular formula is C26H30F6N4. The Labute approximate surface area is 208 Å². The summed E-state index contributed by atoms with van der Waals surface area (Å²) in [7, 11) is 0. The molecule has 2 rings (SSSR count). The second-order valence-corrected chi connectivity index (χ2v) is 8.21. The van der Waals surface area contributed by atoms with Gasteiger partial charge in [0.2, 0.25) is 0 Å². The van der Waals surface area contributed by atoms with Crippen LogP contribution in [-0.4, -0.2) is 18.6 Å². The van der Waals surface area contributed by atoms with Crippen LogP contribution in [0.15, 0.2) is 36.4 Å². The second-order valence-electron chi connectivity index (χ2n) is 8.21. The minimum atomic E-state index is -4.50. The zero-order valence-corrected chi connectivity index (χ0v) is 20.8. The van der Waals surface area contributed by atoms with E-state index in [9.17, 15) is 26.3 Å². The number of rotatable bonds is 7. The minimum absolute atomic E-state index is 0.0871. The van der Waals surface area contributed by atoms with Crippen LogP contribution in [0.25, 0.3) is 0 Å². The monoisotopic (exact) mass is 512 g/mol. The molecule has 0 aliphatic heterocycles. The van der Waals surface area contributed by atoms with Crippen molar-refractivity contribution in [2.45, 2.75) is 71.9 Å². The highest BCUT2D eigenvalue weighted by molar-refractivity contribution is 5.55. The first kappa shape index (κ1) is 30.6. The summed E-state index contributed by atoms with van der Waals surface area (Å²) >= 11 is 0. The zero-order chi connectivity index (χ0) is 27.7. The maximum Gasteiger partial charge on any atom is 0.417 e. The largest absolute Gasteiger partial charge is 0.417 e. The summed E-state index contributed by atoms with van der Waals surface area (Å²) in [5.74, 6) is 0. The molecule has 0 aliphatic rings. The maximum atomic E-state index is 12.9. The van der Waals surface area contributed by atoms with Crippen molar-refractivity contribution in [3.05, 3.63) is 58.7 Å². The van der Waals surface area contributed by atoms with Crippen molar-refractivity contribution in [1.82, 2.24) is 0 Å². The zero-order valence-electron chi connectivity index (χ0n) is 20.8. The fraction of sp³-hybridized carbons (Fsp3) is 0.462. The summed E-state index contributed by atoms with van der Waals surface area (Å²) in [4.78, 5) is 1.90. The van der Waals surface area contributed by atoms with Crippen LogP contribution in [0, 0.1) is 22.7 Å². The fourth-order valence-electron chi connectivity index (χ4n) is 3.36. The van der Waals surface area contributed by atoms with E-state index in [1.54, 1.807) is 18.2 Å². The molecule has 0 heterocycles. The summed E-state index contributed by atoms with van der Waals surface area (Å²) in [6.45, 7) is 10.3. The van der Waals surface area contributed by atoms with Gasteiger partial charge in [0.05, 0.1) is 34.4 Å². The molecule has 0 saturated heterocycles. The van der Waals surface area contributed by atoms with E-state index in [0.717, 1.165) is 25.0 Å². The Hall–Kier alpha value is -3.40. The molecule has 0 spiro atoms. The van der Waals surface area contributed by atoms with Crippen LogP contribution in [-0.2, 0) is 12.4 Å². The van der Waals surface area contributed by atoms with Crippen molar-refractivity contribution in [2.75, 3.05) is 16.8 Å². The number of halogens is 6. The summed E-state index contributed by atoms with van der Waals surface area (Å²) < 4.78 is 76.7. The summed E-state index contributed by atoms with van der Waals surface area (Å²) in [6.07, 6.45) is -7.36. The van der Waals surface area contributed by atoms with E-state index in [1.165, 1.54) is 18.2 Å². The molecule has 0 radical (unpaired) electrons. The van der Waals surface area contributed by atoms with Gasteiger partial charge in [-0.2, -0.15) is 36.9 Å². The van der Waals surface area contributed by atoms with E-state index < -0.39 is 23.5 Å². The SMILES string of the molecule is CCC(C)N(CC)c1ccc(C#N)c(C(F)(F)F)c1.CCC(C)Nc1ccc(C#N)c(C(F)(F)F)c1. The van der Waals surface area contributed by atoms with Gasteiger partial charge in [-0.25, -0.2) is 0 Å². The van der Waals surface area contributed by atoms with Gasteiger partial charge in [0.1, 0.15) is 0 Å². The molecule has 36 heavy (non-hydrogen) atoms. The van der Waals surface area contributed by atoms with Crippen LogP contribution in [0.2, 0.25) is 0 Å². The van der Waals surface area contributed by atoms with Crippen LogP contribution in [0.4, 0.5) is 37.7 Å². The third-order valence-electron chi connectivity index (χ3n) is 5.70. The summed E-state index contributed by atoms with van der Waals surface area (Å²) in [5.41, 5.74) is -1.57. The lowest BCUT2D eigenvalue weighted by Crippen LogP contribution is -2.32. The predicted molar refractivity (Wildman–Crippen MR) is 128 cm³/mol. The number of nitrogens with one attached hydrogen (secondary N) is 1. The normalized spacial score (nSPS) is 12.9. The van der Waals surface area contributed by atoms with E-state index in [2.05, 4.69) is 5.32 Å². The van der Waals surface area contributed by atoms with Gasteiger partial charge in [-0.1, -0.05) is 13.8 Å². The number of anilines is 2. The molecule has 2 aromatic rings. The average molecular weight is 513 g/mol. The maximum absolute atomic E-state index is 12.9. The lowest BCUT2D eigenvalue weighted by Gasteiger charge is -2.30. The third kappa shape index (κ3) is 8.37. The molecule has 0 fully saturated rings. The first-order chi connectivity index (χ1) is 16.7. The standard InChI is InChI=1S/C14H17F3N2.C12H13F3N2/c1-4-10(3)19(5-2)12-7-6-11(9-18)13(8-12)14(15,16)17;1-3-8(2)17-10-5-4-9(7-16)11(6-10)12(13,14)15/h6-8,10H,4-5H2,1-3H3;4-6,8,17H,3H2,1-2H3. The molecule has 0 aliphatic carbocycles. The van der Waals surface area contributed by atoms with E-state index in [4.69, 9.17) is 10.5 Å². The molecule has 2 atom stereocenters. The van der Waals surface area contributed by atoms with Crippen LogP contribution in [0.1, 0.15) is 69.7 Å². The van der Waals surface area contributed by atoms with Crippen LogP contribution in [0.3, 0.4) is 0 Å². The summed E-state index contributed by atoms with van der Waals surface area (Å²) in [5, 5.41) is 20.3. The highest BCUT2D eigenvalue weighted by Gasteiger charge is 2.35. The Morgan fingerprint density at radius 3 is 1.72 bits per heavy atom. The topological polar surface area (TPSA) is 62.9 Å². The molecule has 0 amide bonds. The van der Waals surface area contributed by atoms with Gasteiger partial charge in [0, 0.05) is 30.0 Å². The molecule has 2 unspecified atom stereocenters. The molecular weight excluding hydrogens is 482 g/mol.